The SMILES string of the molecule is FC(F)(F)CCOCCOc1cccc(CNC2CC2)c1. The molecule has 0 saturated heterocycles. The minimum atomic E-state index is -4.16. The van der Waals surface area contributed by atoms with E-state index in [9.17, 15) is 13.2 Å². The first kappa shape index (κ1) is 16.1. The third-order valence-electron chi connectivity index (χ3n) is 3.10. The molecule has 0 bridgehead atoms. The Balaban J connectivity index is 1.60. The summed E-state index contributed by atoms with van der Waals surface area (Å²) in [6, 6.07) is 8.34. The highest BCUT2D eigenvalue weighted by molar-refractivity contribution is 5.28. The smallest absolute Gasteiger partial charge is 0.391 e. The summed E-state index contributed by atoms with van der Waals surface area (Å²) in [4.78, 5) is 0. The molecule has 0 heterocycles. The maximum atomic E-state index is 11.9. The summed E-state index contributed by atoms with van der Waals surface area (Å²) in [6.07, 6.45) is -2.60. The second-order valence-corrected chi connectivity index (χ2v) is 5.13. The van der Waals surface area contributed by atoms with E-state index in [-0.39, 0.29) is 19.8 Å². The van der Waals surface area contributed by atoms with Crippen LogP contribution < -0.4 is 10.1 Å². The summed E-state index contributed by atoms with van der Waals surface area (Å²) in [5, 5.41) is 3.41. The van der Waals surface area contributed by atoms with Crippen LogP contribution in [0.3, 0.4) is 0 Å². The number of halogens is 3. The van der Waals surface area contributed by atoms with Gasteiger partial charge in [-0.3, -0.25) is 0 Å². The van der Waals surface area contributed by atoms with Crippen LogP contribution in [0, 0.1) is 0 Å². The number of benzene rings is 1. The zero-order chi connectivity index (χ0) is 15.1. The first-order valence-corrected chi connectivity index (χ1v) is 7.12. The van der Waals surface area contributed by atoms with Crippen LogP contribution in [0.4, 0.5) is 13.2 Å². The first-order chi connectivity index (χ1) is 10.0. The Hall–Kier alpha value is -1.27. The van der Waals surface area contributed by atoms with E-state index in [0.29, 0.717) is 11.8 Å². The Morgan fingerprint density at radius 3 is 2.67 bits per heavy atom. The van der Waals surface area contributed by atoms with Crippen LogP contribution in [0.2, 0.25) is 0 Å². The summed E-state index contributed by atoms with van der Waals surface area (Å²) in [6.45, 7) is 0.889. The molecule has 118 valence electrons. The lowest BCUT2D eigenvalue weighted by atomic mass is 10.2. The van der Waals surface area contributed by atoms with E-state index < -0.39 is 12.6 Å². The number of hydrogen-bond donors (Lipinski definition) is 1. The third-order valence-corrected chi connectivity index (χ3v) is 3.10. The van der Waals surface area contributed by atoms with E-state index in [4.69, 9.17) is 9.47 Å². The normalized spacial score (nSPS) is 15.2. The van der Waals surface area contributed by atoms with Crippen LogP contribution >= 0.6 is 0 Å². The predicted molar refractivity (Wildman–Crippen MR) is 73.3 cm³/mol. The van der Waals surface area contributed by atoms with Gasteiger partial charge in [-0.05, 0) is 30.5 Å². The maximum absolute atomic E-state index is 11.9. The van der Waals surface area contributed by atoms with Gasteiger partial charge in [-0.1, -0.05) is 12.1 Å². The van der Waals surface area contributed by atoms with Gasteiger partial charge >= 0.3 is 6.18 Å². The molecule has 1 aromatic carbocycles. The van der Waals surface area contributed by atoms with Gasteiger partial charge in [0.2, 0.25) is 0 Å². The minimum absolute atomic E-state index is 0.153. The van der Waals surface area contributed by atoms with Gasteiger partial charge in [-0.15, -0.1) is 0 Å². The fourth-order valence-electron chi connectivity index (χ4n) is 1.80. The molecule has 6 heteroatoms. The number of hydrogen-bond acceptors (Lipinski definition) is 3. The van der Waals surface area contributed by atoms with Crippen LogP contribution in [0.25, 0.3) is 0 Å². The molecule has 0 aliphatic heterocycles. The van der Waals surface area contributed by atoms with Crippen LogP contribution in [-0.2, 0) is 11.3 Å². The average molecular weight is 303 g/mol. The molecule has 0 unspecified atom stereocenters. The van der Waals surface area contributed by atoms with Crippen molar-refractivity contribution < 1.29 is 22.6 Å². The van der Waals surface area contributed by atoms with E-state index >= 15 is 0 Å². The number of ether oxygens (including phenoxy) is 2. The highest BCUT2D eigenvalue weighted by Crippen LogP contribution is 2.20. The maximum Gasteiger partial charge on any atom is 0.391 e. The van der Waals surface area contributed by atoms with E-state index in [2.05, 4.69) is 5.32 Å². The van der Waals surface area contributed by atoms with Crippen molar-refractivity contribution >= 4 is 0 Å². The molecular formula is C15H20F3NO2. The van der Waals surface area contributed by atoms with E-state index in [1.54, 1.807) is 0 Å². The van der Waals surface area contributed by atoms with Gasteiger partial charge in [0.1, 0.15) is 12.4 Å². The Labute approximate surface area is 122 Å². The molecule has 1 saturated carbocycles. The molecule has 3 nitrogen and oxygen atoms in total. The molecule has 0 radical (unpaired) electrons. The first-order valence-electron chi connectivity index (χ1n) is 7.12. The Morgan fingerprint density at radius 2 is 1.95 bits per heavy atom. The lowest BCUT2D eigenvalue weighted by molar-refractivity contribution is -0.145. The van der Waals surface area contributed by atoms with Crippen molar-refractivity contribution in [3.05, 3.63) is 29.8 Å². The summed E-state index contributed by atoms with van der Waals surface area (Å²) in [5.41, 5.74) is 1.14. The Morgan fingerprint density at radius 1 is 1.14 bits per heavy atom. The van der Waals surface area contributed by atoms with Crippen molar-refractivity contribution in [1.82, 2.24) is 5.32 Å². The zero-order valence-electron chi connectivity index (χ0n) is 11.8. The minimum Gasteiger partial charge on any atom is -0.491 e. The highest BCUT2D eigenvalue weighted by atomic mass is 19.4. The van der Waals surface area contributed by atoms with Gasteiger partial charge in [0, 0.05) is 12.6 Å². The molecule has 1 fully saturated rings. The van der Waals surface area contributed by atoms with Crippen molar-refractivity contribution in [1.29, 1.82) is 0 Å². The summed E-state index contributed by atoms with van der Waals surface area (Å²) >= 11 is 0. The quantitative estimate of drug-likeness (QED) is 0.710. The van der Waals surface area contributed by atoms with Gasteiger partial charge in [-0.25, -0.2) is 0 Å². The molecule has 21 heavy (non-hydrogen) atoms. The Kier molecular flexibility index (Phi) is 5.87. The van der Waals surface area contributed by atoms with Gasteiger partial charge in [0.25, 0.3) is 0 Å². The molecule has 0 atom stereocenters. The highest BCUT2D eigenvalue weighted by Gasteiger charge is 2.26. The van der Waals surface area contributed by atoms with Crippen LogP contribution in [-0.4, -0.2) is 32.0 Å². The van der Waals surface area contributed by atoms with Gasteiger partial charge in [-0.2, -0.15) is 13.2 Å². The average Bonchev–Trinajstić information content (AvgIpc) is 3.24. The lowest BCUT2D eigenvalue weighted by Crippen LogP contribution is -2.15. The molecule has 2 rings (SSSR count). The second kappa shape index (κ2) is 7.66. The van der Waals surface area contributed by atoms with E-state index in [1.165, 1.54) is 12.8 Å². The molecule has 1 N–H and O–H groups in total. The number of nitrogens with one attached hydrogen (secondary N) is 1. The zero-order valence-corrected chi connectivity index (χ0v) is 11.8. The number of alkyl halides is 3. The molecule has 1 aliphatic rings. The molecule has 1 aliphatic carbocycles. The lowest BCUT2D eigenvalue weighted by Gasteiger charge is -2.10. The number of rotatable bonds is 9. The Bertz CT molecular complexity index is 433. The molecular weight excluding hydrogens is 283 g/mol. The van der Waals surface area contributed by atoms with Crippen molar-refractivity contribution in [3.63, 3.8) is 0 Å². The molecule has 0 spiro atoms. The molecule has 0 amide bonds. The van der Waals surface area contributed by atoms with E-state index in [0.717, 1.165) is 12.1 Å². The van der Waals surface area contributed by atoms with Crippen molar-refractivity contribution in [2.24, 2.45) is 0 Å². The van der Waals surface area contributed by atoms with Gasteiger partial charge in [0.05, 0.1) is 19.6 Å². The second-order valence-electron chi connectivity index (χ2n) is 5.13. The van der Waals surface area contributed by atoms with Crippen molar-refractivity contribution in [2.45, 2.75) is 38.0 Å². The van der Waals surface area contributed by atoms with Crippen LogP contribution in [0.5, 0.6) is 5.75 Å². The summed E-state index contributed by atoms with van der Waals surface area (Å²) in [7, 11) is 0. The van der Waals surface area contributed by atoms with Crippen molar-refractivity contribution in [3.8, 4) is 5.75 Å². The molecule has 1 aromatic rings. The van der Waals surface area contributed by atoms with E-state index in [1.807, 2.05) is 24.3 Å². The van der Waals surface area contributed by atoms with Gasteiger partial charge < -0.3 is 14.8 Å². The fourth-order valence-corrected chi connectivity index (χ4v) is 1.80. The van der Waals surface area contributed by atoms with Gasteiger partial charge in [0.15, 0.2) is 0 Å². The standard InChI is InChI=1S/C15H20F3NO2/c16-15(17,18)6-7-20-8-9-21-14-3-1-2-12(10-14)11-19-13-4-5-13/h1-3,10,13,19H,4-9,11H2. The topological polar surface area (TPSA) is 30.5 Å². The molecule has 0 aromatic heterocycles. The summed E-state index contributed by atoms with van der Waals surface area (Å²) in [5.74, 6) is 0.713. The summed E-state index contributed by atoms with van der Waals surface area (Å²) < 4.78 is 46.0. The third kappa shape index (κ3) is 7.34. The predicted octanol–water partition coefficient (Wildman–Crippen LogP) is 3.29. The fraction of sp³-hybridized carbons (Fsp3) is 0.600. The van der Waals surface area contributed by atoms with Crippen molar-refractivity contribution in [2.75, 3.05) is 19.8 Å². The monoisotopic (exact) mass is 303 g/mol. The largest absolute Gasteiger partial charge is 0.491 e. The van der Waals surface area contributed by atoms with Crippen LogP contribution in [0.15, 0.2) is 24.3 Å². The van der Waals surface area contributed by atoms with Crippen LogP contribution in [0.1, 0.15) is 24.8 Å².